The molecule has 0 aliphatic carbocycles. The summed E-state index contributed by atoms with van der Waals surface area (Å²) in [6.45, 7) is 2.52. The molecular formula is C25H30ClN3O6S. The van der Waals surface area contributed by atoms with Crippen molar-refractivity contribution >= 4 is 44.8 Å². The lowest BCUT2D eigenvalue weighted by Crippen LogP contribution is -2.43. The molecule has 2 aromatic rings. The monoisotopic (exact) mass is 535 g/mol. The minimum atomic E-state index is -3.82. The summed E-state index contributed by atoms with van der Waals surface area (Å²) in [4.78, 5) is 26.9. The number of nitrogens with zero attached hydrogens (tertiary/aromatic N) is 2. The second-order valence-corrected chi connectivity index (χ2v) is 11.3. The molecule has 4 rings (SSSR count). The second-order valence-electron chi connectivity index (χ2n) is 8.94. The molecule has 1 N–H and O–H groups in total. The van der Waals surface area contributed by atoms with Crippen LogP contribution in [0.15, 0.2) is 35.2 Å². The fourth-order valence-corrected chi connectivity index (χ4v) is 6.59. The number of halogens is 1. The highest BCUT2D eigenvalue weighted by Gasteiger charge is 2.34. The highest BCUT2D eigenvalue weighted by molar-refractivity contribution is 7.89. The SMILES string of the molecule is COc1cc(Cl)c(NC(=O)C2CCCN(S(=O)(=O)c3ccc4c(c3)CCCN4C(C)=O)C2)c(OC)c1. The number of aryl methyl sites for hydroxylation is 1. The molecule has 11 heteroatoms. The lowest BCUT2D eigenvalue weighted by atomic mass is 9.98. The first-order chi connectivity index (χ1) is 17.1. The maximum Gasteiger partial charge on any atom is 0.243 e. The first-order valence-corrected chi connectivity index (χ1v) is 13.6. The highest BCUT2D eigenvalue weighted by atomic mass is 35.5. The number of ether oxygens (including phenoxy) is 2. The third-order valence-electron chi connectivity index (χ3n) is 6.67. The van der Waals surface area contributed by atoms with Gasteiger partial charge in [0.05, 0.1) is 30.1 Å². The first kappa shape index (κ1) is 26.2. The Labute approximate surface area is 216 Å². The van der Waals surface area contributed by atoms with E-state index in [1.807, 2.05) is 0 Å². The van der Waals surface area contributed by atoms with E-state index in [0.29, 0.717) is 49.5 Å². The smallest absolute Gasteiger partial charge is 0.243 e. The zero-order valence-electron chi connectivity index (χ0n) is 20.5. The van der Waals surface area contributed by atoms with Crippen LogP contribution in [0, 0.1) is 5.92 Å². The van der Waals surface area contributed by atoms with Crippen LogP contribution in [-0.4, -0.2) is 58.4 Å². The van der Waals surface area contributed by atoms with Crippen LogP contribution in [0.5, 0.6) is 11.5 Å². The predicted octanol–water partition coefficient (Wildman–Crippen LogP) is 3.70. The van der Waals surface area contributed by atoms with Crippen LogP contribution in [0.25, 0.3) is 0 Å². The average Bonchev–Trinajstić information content (AvgIpc) is 2.88. The van der Waals surface area contributed by atoms with Crippen molar-refractivity contribution in [1.29, 1.82) is 0 Å². The molecule has 0 aromatic heterocycles. The van der Waals surface area contributed by atoms with Crippen molar-refractivity contribution in [3.63, 3.8) is 0 Å². The zero-order chi connectivity index (χ0) is 26.0. The number of methoxy groups -OCH3 is 2. The lowest BCUT2D eigenvalue weighted by Gasteiger charge is -2.32. The number of hydrogen-bond donors (Lipinski definition) is 1. The molecule has 0 radical (unpaired) electrons. The van der Waals surface area contributed by atoms with Gasteiger partial charge in [0.2, 0.25) is 21.8 Å². The number of sulfonamides is 1. The number of carbonyl (C=O) groups is 2. The Morgan fingerprint density at radius 2 is 1.86 bits per heavy atom. The molecule has 0 saturated carbocycles. The van der Waals surface area contributed by atoms with Gasteiger partial charge in [0.15, 0.2) is 0 Å². The molecule has 194 valence electrons. The van der Waals surface area contributed by atoms with Crippen molar-refractivity contribution in [1.82, 2.24) is 4.31 Å². The van der Waals surface area contributed by atoms with E-state index in [-0.39, 0.29) is 28.3 Å². The maximum atomic E-state index is 13.5. The third-order valence-corrected chi connectivity index (χ3v) is 8.83. The third kappa shape index (κ3) is 5.16. The van der Waals surface area contributed by atoms with Gasteiger partial charge in [0, 0.05) is 44.4 Å². The van der Waals surface area contributed by atoms with Crippen LogP contribution >= 0.6 is 11.6 Å². The second kappa shape index (κ2) is 10.7. The van der Waals surface area contributed by atoms with Crippen molar-refractivity contribution < 1.29 is 27.5 Å². The Balaban J connectivity index is 1.53. The molecule has 1 saturated heterocycles. The molecule has 1 unspecified atom stereocenters. The maximum absolute atomic E-state index is 13.5. The number of rotatable bonds is 6. The summed E-state index contributed by atoms with van der Waals surface area (Å²) >= 11 is 6.34. The summed E-state index contributed by atoms with van der Waals surface area (Å²) in [7, 11) is -0.855. The number of hydrogen-bond acceptors (Lipinski definition) is 6. The molecule has 1 atom stereocenters. The quantitative estimate of drug-likeness (QED) is 0.604. The van der Waals surface area contributed by atoms with Gasteiger partial charge in [-0.25, -0.2) is 8.42 Å². The lowest BCUT2D eigenvalue weighted by molar-refractivity contribution is -0.121. The van der Waals surface area contributed by atoms with Gasteiger partial charge in [0.25, 0.3) is 0 Å². The van der Waals surface area contributed by atoms with E-state index >= 15 is 0 Å². The Bertz CT molecular complexity index is 1280. The van der Waals surface area contributed by atoms with Crippen molar-refractivity contribution in [3.05, 3.63) is 40.9 Å². The Morgan fingerprint density at radius 3 is 2.56 bits per heavy atom. The predicted molar refractivity (Wildman–Crippen MR) is 137 cm³/mol. The number of piperidine rings is 1. The van der Waals surface area contributed by atoms with E-state index in [1.54, 1.807) is 35.2 Å². The van der Waals surface area contributed by atoms with Crippen LogP contribution in [0.4, 0.5) is 11.4 Å². The molecule has 2 aliphatic rings. The number of anilines is 2. The molecule has 2 aromatic carbocycles. The first-order valence-electron chi connectivity index (χ1n) is 11.8. The summed E-state index contributed by atoms with van der Waals surface area (Å²) < 4.78 is 38.9. The van der Waals surface area contributed by atoms with E-state index < -0.39 is 15.9 Å². The van der Waals surface area contributed by atoms with Gasteiger partial charge in [-0.1, -0.05) is 11.6 Å². The molecular weight excluding hydrogens is 506 g/mol. The van der Waals surface area contributed by atoms with Gasteiger partial charge in [0.1, 0.15) is 17.2 Å². The van der Waals surface area contributed by atoms with Crippen molar-refractivity contribution in [2.75, 3.05) is 44.1 Å². The van der Waals surface area contributed by atoms with Gasteiger partial charge in [-0.3, -0.25) is 9.59 Å². The minimum Gasteiger partial charge on any atom is -0.497 e. The Kier molecular flexibility index (Phi) is 7.77. The topological polar surface area (TPSA) is 105 Å². The standard InChI is InChI=1S/C25H30ClN3O6S/c1-16(30)29-11-5-6-17-12-20(8-9-22(17)29)36(32,33)28-10-4-7-18(15-28)25(31)27-24-21(26)13-19(34-2)14-23(24)35-3/h8-9,12-14,18H,4-7,10-11,15H2,1-3H3,(H,27,31). The van der Waals surface area contributed by atoms with E-state index in [9.17, 15) is 18.0 Å². The summed E-state index contributed by atoms with van der Waals surface area (Å²) in [5.74, 6) is -0.113. The van der Waals surface area contributed by atoms with Gasteiger partial charge in [-0.15, -0.1) is 0 Å². The van der Waals surface area contributed by atoms with Gasteiger partial charge in [-0.2, -0.15) is 4.31 Å². The van der Waals surface area contributed by atoms with Crippen LogP contribution in [0.2, 0.25) is 5.02 Å². The number of benzene rings is 2. The Hall–Kier alpha value is -2.82. The van der Waals surface area contributed by atoms with Gasteiger partial charge in [-0.05, 0) is 49.4 Å². The average molecular weight is 536 g/mol. The molecule has 2 aliphatic heterocycles. The fraction of sp³-hybridized carbons (Fsp3) is 0.440. The van der Waals surface area contributed by atoms with E-state index in [2.05, 4.69) is 5.32 Å². The molecule has 2 amide bonds. The van der Waals surface area contributed by atoms with Crippen LogP contribution in [0.1, 0.15) is 31.7 Å². The van der Waals surface area contributed by atoms with E-state index in [4.69, 9.17) is 21.1 Å². The van der Waals surface area contributed by atoms with Gasteiger partial charge < -0.3 is 19.7 Å². The van der Waals surface area contributed by atoms with Crippen LogP contribution in [-0.2, 0) is 26.0 Å². The minimum absolute atomic E-state index is 0.0565. The molecule has 1 fully saturated rings. The summed E-state index contributed by atoms with van der Waals surface area (Å²) in [6.07, 6.45) is 2.58. The fourth-order valence-electron chi connectivity index (χ4n) is 4.77. The van der Waals surface area contributed by atoms with Crippen molar-refractivity contribution in [2.24, 2.45) is 5.92 Å². The number of carbonyl (C=O) groups excluding carboxylic acids is 2. The zero-order valence-corrected chi connectivity index (χ0v) is 22.1. The van der Waals surface area contributed by atoms with E-state index in [1.165, 1.54) is 25.4 Å². The number of fused-ring (bicyclic) bond motifs is 1. The van der Waals surface area contributed by atoms with Crippen LogP contribution < -0.4 is 19.7 Å². The summed E-state index contributed by atoms with van der Waals surface area (Å²) in [5.41, 5.74) is 1.91. The Morgan fingerprint density at radius 1 is 1.08 bits per heavy atom. The number of nitrogens with one attached hydrogen (secondary N) is 1. The highest BCUT2D eigenvalue weighted by Crippen LogP contribution is 2.38. The number of amides is 2. The molecule has 0 bridgehead atoms. The van der Waals surface area contributed by atoms with E-state index in [0.717, 1.165) is 17.7 Å². The van der Waals surface area contributed by atoms with Crippen molar-refractivity contribution in [2.45, 2.75) is 37.5 Å². The molecule has 0 spiro atoms. The van der Waals surface area contributed by atoms with Crippen molar-refractivity contribution in [3.8, 4) is 11.5 Å². The summed E-state index contributed by atoms with van der Waals surface area (Å²) in [5, 5.41) is 3.07. The molecule has 36 heavy (non-hydrogen) atoms. The normalized spacial score (nSPS) is 18.3. The van der Waals surface area contributed by atoms with Gasteiger partial charge >= 0.3 is 0 Å². The largest absolute Gasteiger partial charge is 0.497 e. The summed E-state index contributed by atoms with van der Waals surface area (Å²) in [6, 6.07) is 8.09. The molecule has 9 nitrogen and oxygen atoms in total. The molecule has 2 heterocycles. The van der Waals surface area contributed by atoms with Crippen LogP contribution in [0.3, 0.4) is 0 Å².